The Balaban J connectivity index is 1.73. The van der Waals surface area contributed by atoms with E-state index in [0.29, 0.717) is 23.0 Å². The average Bonchev–Trinajstić information content (AvgIpc) is 2.85. The normalized spacial score (nSPS) is 10.7. The molecule has 0 aliphatic carbocycles. The van der Waals surface area contributed by atoms with Gasteiger partial charge in [-0.15, -0.1) is 0 Å². The lowest BCUT2D eigenvalue weighted by Gasteiger charge is -2.15. The Bertz CT molecular complexity index is 1330. The number of aromatic carboxylic acids is 1. The zero-order valence-corrected chi connectivity index (χ0v) is 19.0. The van der Waals surface area contributed by atoms with E-state index in [4.69, 9.17) is 4.74 Å². The van der Waals surface area contributed by atoms with E-state index >= 15 is 0 Å². The Hall–Kier alpha value is -4.38. The zero-order valence-electron chi connectivity index (χ0n) is 19.0. The van der Waals surface area contributed by atoms with Gasteiger partial charge in [0.1, 0.15) is 11.5 Å². The van der Waals surface area contributed by atoms with E-state index in [9.17, 15) is 14.7 Å². The van der Waals surface area contributed by atoms with Crippen LogP contribution in [0.3, 0.4) is 0 Å². The van der Waals surface area contributed by atoms with E-state index in [1.807, 2.05) is 48.5 Å². The molecule has 4 rings (SSSR count). The molecule has 0 radical (unpaired) electrons. The summed E-state index contributed by atoms with van der Waals surface area (Å²) >= 11 is 0. The second kappa shape index (κ2) is 10.0. The highest BCUT2D eigenvalue weighted by Crippen LogP contribution is 2.35. The molecular weight excluding hydrogens is 426 g/mol. The van der Waals surface area contributed by atoms with Gasteiger partial charge in [0.2, 0.25) is 0 Å². The molecular formula is C29H25NO4. The second-order valence-corrected chi connectivity index (χ2v) is 8.21. The Kier molecular flexibility index (Phi) is 6.74. The lowest BCUT2D eigenvalue weighted by Crippen LogP contribution is -2.15. The number of amides is 1. The first-order valence-electron chi connectivity index (χ1n) is 11.0. The number of carboxylic acid groups (broad SMARTS) is 1. The first-order valence-corrected chi connectivity index (χ1v) is 11.0. The molecule has 0 unspecified atom stereocenters. The maximum atomic E-state index is 13.0. The summed E-state index contributed by atoms with van der Waals surface area (Å²) < 4.78 is 6.19. The van der Waals surface area contributed by atoms with Gasteiger partial charge < -0.3 is 15.2 Å². The maximum Gasteiger partial charge on any atom is 0.337 e. The number of hydrogen-bond donors (Lipinski definition) is 2. The molecule has 2 N–H and O–H groups in total. The van der Waals surface area contributed by atoms with Crippen LogP contribution in [0.2, 0.25) is 0 Å². The molecule has 0 aromatic heterocycles. The van der Waals surface area contributed by atoms with E-state index in [1.54, 1.807) is 30.3 Å². The van der Waals surface area contributed by atoms with Gasteiger partial charge in [0, 0.05) is 11.1 Å². The van der Waals surface area contributed by atoms with E-state index in [1.165, 1.54) is 11.6 Å². The van der Waals surface area contributed by atoms with Crippen molar-refractivity contribution in [3.63, 3.8) is 0 Å². The van der Waals surface area contributed by atoms with Crippen molar-refractivity contribution >= 4 is 17.6 Å². The van der Waals surface area contributed by atoms with Gasteiger partial charge in [-0.25, -0.2) is 4.79 Å². The molecule has 0 aliphatic rings. The third-order valence-corrected chi connectivity index (χ3v) is 5.48. The third kappa shape index (κ3) is 5.15. The highest BCUT2D eigenvalue weighted by Gasteiger charge is 2.16. The minimum absolute atomic E-state index is 0.0266. The van der Waals surface area contributed by atoms with Crippen LogP contribution in [0.5, 0.6) is 11.5 Å². The number of anilines is 1. The molecule has 5 nitrogen and oxygen atoms in total. The standard InChI is InChI=1S/C29H25NO4/c1-19(2)20-9-8-10-21(17-20)24-16-15-22(18-27(24)34-23-11-4-3-5-12-23)28(31)30-26-14-7-6-13-25(26)29(32)33/h3-19H,1-2H3,(H,30,31)(H,32,33). The van der Waals surface area contributed by atoms with Gasteiger partial charge in [0.15, 0.2) is 0 Å². The summed E-state index contributed by atoms with van der Waals surface area (Å²) in [5.41, 5.74) is 3.66. The number of carbonyl (C=O) groups is 2. The van der Waals surface area contributed by atoms with Gasteiger partial charge in [-0.2, -0.15) is 0 Å². The Labute approximate surface area is 198 Å². The van der Waals surface area contributed by atoms with Crippen LogP contribution in [0.25, 0.3) is 11.1 Å². The van der Waals surface area contributed by atoms with Crippen LogP contribution in [0.1, 0.15) is 46.0 Å². The Morgan fingerprint density at radius 3 is 2.29 bits per heavy atom. The summed E-state index contributed by atoms with van der Waals surface area (Å²) in [6.45, 7) is 4.28. The molecule has 0 saturated heterocycles. The molecule has 4 aromatic carbocycles. The topological polar surface area (TPSA) is 75.6 Å². The van der Waals surface area contributed by atoms with Gasteiger partial charge >= 0.3 is 5.97 Å². The van der Waals surface area contributed by atoms with Crippen LogP contribution >= 0.6 is 0 Å². The molecule has 0 heterocycles. The summed E-state index contributed by atoms with van der Waals surface area (Å²) in [5, 5.41) is 12.1. The Morgan fingerprint density at radius 2 is 1.56 bits per heavy atom. The van der Waals surface area contributed by atoms with Crippen molar-refractivity contribution in [3.8, 4) is 22.6 Å². The monoisotopic (exact) mass is 451 g/mol. The van der Waals surface area contributed by atoms with E-state index < -0.39 is 11.9 Å². The van der Waals surface area contributed by atoms with Crippen LogP contribution < -0.4 is 10.1 Å². The van der Waals surface area contributed by atoms with Crippen molar-refractivity contribution in [1.29, 1.82) is 0 Å². The van der Waals surface area contributed by atoms with E-state index in [-0.39, 0.29) is 11.3 Å². The number of rotatable bonds is 7. The number of hydrogen-bond acceptors (Lipinski definition) is 3. The second-order valence-electron chi connectivity index (χ2n) is 8.21. The largest absolute Gasteiger partial charge is 0.478 e. The van der Waals surface area contributed by atoms with Gasteiger partial charge in [0.05, 0.1) is 11.3 Å². The zero-order chi connectivity index (χ0) is 24.1. The summed E-state index contributed by atoms with van der Waals surface area (Å²) in [5.74, 6) is 0.0279. The van der Waals surface area contributed by atoms with Crippen LogP contribution in [0.4, 0.5) is 5.69 Å². The minimum atomic E-state index is -1.11. The lowest BCUT2D eigenvalue weighted by molar-refractivity contribution is 0.0698. The van der Waals surface area contributed by atoms with Crippen LogP contribution in [-0.4, -0.2) is 17.0 Å². The van der Waals surface area contributed by atoms with Crippen molar-refractivity contribution in [3.05, 3.63) is 114 Å². The predicted molar refractivity (Wildman–Crippen MR) is 134 cm³/mol. The smallest absolute Gasteiger partial charge is 0.337 e. The fraction of sp³-hybridized carbons (Fsp3) is 0.103. The molecule has 1 amide bonds. The van der Waals surface area contributed by atoms with E-state index in [2.05, 4.69) is 31.3 Å². The number of carboxylic acids is 1. The first kappa shape index (κ1) is 22.8. The predicted octanol–water partition coefficient (Wildman–Crippen LogP) is 7.22. The van der Waals surface area contributed by atoms with Gasteiger partial charge in [-0.05, 0) is 59.5 Å². The average molecular weight is 452 g/mol. The highest BCUT2D eigenvalue weighted by atomic mass is 16.5. The number of nitrogens with one attached hydrogen (secondary N) is 1. The number of ether oxygens (including phenoxy) is 1. The van der Waals surface area contributed by atoms with Gasteiger partial charge in [-0.1, -0.05) is 68.4 Å². The molecule has 4 aromatic rings. The lowest BCUT2D eigenvalue weighted by atomic mass is 9.96. The molecule has 0 fully saturated rings. The van der Waals surface area contributed by atoms with Crippen LogP contribution in [-0.2, 0) is 0 Å². The van der Waals surface area contributed by atoms with Crippen molar-refractivity contribution in [1.82, 2.24) is 0 Å². The highest BCUT2D eigenvalue weighted by molar-refractivity contribution is 6.08. The SMILES string of the molecule is CC(C)c1cccc(-c2ccc(C(=O)Nc3ccccc3C(=O)O)cc2Oc2ccccc2)c1. The summed E-state index contributed by atoms with van der Waals surface area (Å²) in [6, 6.07) is 29.2. The number of para-hydroxylation sites is 2. The molecule has 0 spiro atoms. The van der Waals surface area contributed by atoms with Crippen molar-refractivity contribution < 1.29 is 19.4 Å². The third-order valence-electron chi connectivity index (χ3n) is 5.48. The van der Waals surface area contributed by atoms with E-state index in [0.717, 1.165) is 11.1 Å². The molecule has 0 atom stereocenters. The quantitative estimate of drug-likeness (QED) is 0.311. The molecule has 34 heavy (non-hydrogen) atoms. The summed E-state index contributed by atoms with van der Waals surface area (Å²) in [7, 11) is 0. The van der Waals surface area contributed by atoms with Crippen molar-refractivity contribution in [2.24, 2.45) is 0 Å². The molecule has 5 heteroatoms. The van der Waals surface area contributed by atoms with Gasteiger partial charge in [0.25, 0.3) is 5.91 Å². The fourth-order valence-corrected chi connectivity index (χ4v) is 3.64. The molecule has 0 saturated carbocycles. The van der Waals surface area contributed by atoms with Crippen molar-refractivity contribution in [2.75, 3.05) is 5.32 Å². The molecule has 0 aliphatic heterocycles. The Morgan fingerprint density at radius 1 is 0.824 bits per heavy atom. The maximum absolute atomic E-state index is 13.0. The minimum Gasteiger partial charge on any atom is -0.478 e. The fourth-order valence-electron chi connectivity index (χ4n) is 3.64. The number of benzene rings is 4. The van der Waals surface area contributed by atoms with Crippen LogP contribution in [0, 0.1) is 0 Å². The summed E-state index contributed by atoms with van der Waals surface area (Å²) in [4.78, 5) is 24.5. The first-order chi connectivity index (χ1) is 16.4. The van der Waals surface area contributed by atoms with Gasteiger partial charge in [-0.3, -0.25) is 4.79 Å². The molecule has 170 valence electrons. The molecule has 0 bridgehead atoms. The summed E-state index contributed by atoms with van der Waals surface area (Å²) in [6.07, 6.45) is 0. The number of carbonyl (C=O) groups excluding carboxylic acids is 1. The van der Waals surface area contributed by atoms with Crippen molar-refractivity contribution in [2.45, 2.75) is 19.8 Å². The van der Waals surface area contributed by atoms with Crippen LogP contribution in [0.15, 0.2) is 97.1 Å².